The maximum absolute atomic E-state index is 11.7. The molecule has 180 valence electrons. The van der Waals surface area contributed by atoms with Gasteiger partial charge < -0.3 is 14.8 Å². The van der Waals surface area contributed by atoms with E-state index in [1.807, 2.05) is 42.5 Å². The van der Waals surface area contributed by atoms with Gasteiger partial charge in [0, 0.05) is 22.6 Å². The number of methoxy groups -OCH3 is 1. The van der Waals surface area contributed by atoms with E-state index in [0.29, 0.717) is 32.8 Å². The largest absolute Gasteiger partial charge is 0.493 e. The Bertz CT molecular complexity index is 1350. The smallest absolute Gasteiger partial charge is 0.275 e. The number of halogens is 3. The lowest BCUT2D eigenvalue weighted by Gasteiger charge is -2.37. The van der Waals surface area contributed by atoms with Gasteiger partial charge in [-0.15, -0.1) is 0 Å². The molecule has 0 bridgehead atoms. The number of fused-ring (bicyclic) bond motifs is 3. The second-order valence-corrected chi connectivity index (χ2v) is 10.2. The fraction of sp³-hybridized carbons (Fsp3) is 0.231. The van der Waals surface area contributed by atoms with Crippen molar-refractivity contribution in [2.45, 2.75) is 25.0 Å². The Morgan fingerprint density at radius 2 is 1.97 bits per heavy atom. The topological polar surface area (TPSA) is 73.6 Å². The molecule has 6 nitrogen and oxygen atoms in total. The number of benzene rings is 3. The number of ether oxygens (including phenoxy) is 2. The van der Waals surface area contributed by atoms with Gasteiger partial charge in [0.15, 0.2) is 11.5 Å². The maximum Gasteiger partial charge on any atom is 0.275 e. The number of nitrogens with one attached hydrogen (secondary N) is 1. The molecule has 1 aliphatic carbocycles. The first kappa shape index (κ1) is 24.0. The number of hydrogen-bond acceptors (Lipinski definition) is 5. The quantitative estimate of drug-likeness (QED) is 0.183. The van der Waals surface area contributed by atoms with Crippen molar-refractivity contribution in [2.75, 3.05) is 12.4 Å². The van der Waals surface area contributed by atoms with E-state index in [4.69, 9.17) is 32.7 Å². The van der Waals surface area contributed by atoms with Crippen LogP contribution in [0.1, 0.15) is 35.1 Å². The zero-order chi connectivity index (χ0) is 24.7. The summed E-state index contributed by atoms with van der Waals surface area (Å²) in [7, 11) is 1.59. The molecule has 1 heterocycles. The fourth-order valence-corrected chi connectivity index (χ4v) is 5.95. The number of nitro benzene ring substituents is 1. The minimum atomic E-state index is -0.342. The van der Waals surface area contributed by atoms with Crippen LogP contribution in [-0.4, -0.2) is 12.0 Å². The Kier molecular flexibility index (Phi) is 6.66. The molecule has 0 fully saturated rings. The van der Waals surface area contributed by atoms with Crippen LogP contribution < -0.4 is 14.8 Å². The van der Waals surface area contributed by atoms with Crippen LogP contribution in [0.3, 0.4) is 0 Å². The number of allylic oxidation sites excluding steroid dienone is 2. The highest BCUT2D eigenvalue weighted by molar-refractivity contribution is 9.10. The normalized spacial score (nSPS) is 20.1. The highest BCUT2D eigenvalue weighted by atomic mass is 79.9. The molecule has 0 unspecified atom stereocenters. The molecule has 0 radical (unpaired) electrons. The summed E-state index contributed by atoms with van der Waals surface area (Å²) in [6.07, 6.45) is 4.92. The second kappa shape index (κ2) is 9.72. The molecule has 5 rings (SSSR count). The number of rotatable bonds is 6. The van der Waals surface area contributed by atoms with Crippen molar-refractivity contribution in [3.05, 3.63) is 102 Å². The van der Waals surface area contributed by atoms with Gasteiger partial charge in [-0.25, -0.2) is 0 Å². The van der Waals surface area contributed by atoms with Crippen molar-refractivity contribution in [3.8, 4) is 11.5 Å². The molecular weight excluding hydrogens is 555 g/mol. The summed E-state index contributed by atoms with van der Waals surface area (Å²) >= 11 is 16.4. The van der Waals surface area contributed by atoms with Crippen molar-refractivity contribution in [2.24, 2.45) is 5.92 Å². The van der Waals surface area contributed by atoms with Gasteiger partial charge in [-0.1, -0.05) is 53.6 Å². The zero-order valence-electron chi connectivity index (χ0n) is 18.6. The Hall–Kier alpha value is -2.74. The third-order valence-corrected chi connectivity index (χ3v) is 7.86. The lowest BCUT2D eigenvalue weighted by Crippen LogP contribution is -2.30. The number of hydrogen-bond donors (Lipinski definition) is 1. The van der Waals surface area contributed by atoms with E-state index in [1.165, 1.54) is 6.07 Å². The minimum absolute atomic E-state index is 0.0824. The minimum Gasteiger partial charge on any atom is -0.493 e. The van der Waals surface area contributed by atoms with E-state index < -0.39 is 0 Å². The summed E-state index contributed by atoms with van der Waals surface area (Å²) in [4.78, 5) is 11.4. The second-order valence-electron chi connectivity index (χ2n) is 8.50. The van der Waals surface area contributed by atoms with E-state index in [0.717, 1.165) is 22.0 Å². The predicted molar refractivity (Wildman–Crippen MR) is 141 cm³/mol. The summed E-state index contributed by atoms with van der Waals surface area (Å²) in [5.74, 6) is 1.12. The van der Waals surface area contributed by atoms with E-state index in [-0.39, 0.29) is 35.1 Å². The SMILES string of the molecule is COc1cc([C@@H]2Nc3c(Cl)ccc([N+](=O)[O-])c3[C@H]3C=CC[C@@H]32)cc(Br)c1OCc1ccccc1Cl. The van der Waals surface area contributed by atoms with Crippen LogP contribution in [-0.2, 0) is 6.61 Å². The van der Waals surface area contributed by atoms with Crippen molar-refractivity contribution in [3.63, 3.8) is 0 Å². The Balaban J connectivity index is 1.51. The highest BCUT2D eigenvalue weighted by Crippen LogP contribution is 2.55. The van der Waals surface area contributed by atoms with Crippen LogP contribution in [0.2, 0.25) is 10.0 Å². The van der Waals surface area contributed by atoms with Crippen LogP contribution in [0, 0.1) is 16.0 Å². The molecule has 1 N–H and O–H groups in total. The number of anilines is 1. The standard InChI is InChI=1S/C26H21BrCl2N2O4/c1-34-22-12-15(11-18(27)26(22)35-13-14-5-2-3-8-19(14)28)24-17-7-4-6-16(17)23-21(31(32)33)10-9-20(29)25(23)30-24/h2-6,8-12,16-17,24,30H,7,13H2,1H3/t16-,17-,24-/m0/s1. The Labute approximate surface area is 221 Å². The first-order chi connectivity index (χ1) is 16.9. The van der Waals surface area contributed by atoms with Gasteiger partial charge in [0.1, 0.15) is 6.61 Å². The van der Waals surface area contributed by atoms with Crippen molar-refractivity contribution < 1.29 is 14.4 Å². The third kappa shape index (κ3) is 4.37. The first-order valence-electron chi connectivity index (χ1n) is 11.0. The molecule has 35 heavy (non-hydrogen) atoms. The molecule has 1 aliphatic heterocycles. The van der Waals surface area contributed by atoms with Crippen molar-refractivity contribution >= 4 is 50.5 Å². The van der Waals surface area contributed by atoms with E-state index in [2.05, 4.69) is 27.3 Å². The van der Waals surface area contributed by atoms with Gasteiger partial charge in [0.05, 0.1) is 38.8 Å². The predicted octanol–water partition coefficient (Wildman–Crippen LogP) is 8.08. The number of nitro groups is 1. The maximum atomic E-state index is 11.7. The molecule has 2 aliphatic rings. The van der Waals surface area contributed by atoms with Gasteiger partial charge in [-0.05, 0) is 58.1 Å². The van der Waals surface area contributed by atoms with E-state index in [9.17, 15) is 10.1 Å². The molecular formula is C26H21BrCl2N2O4. The van der Waals surface area contributed by atoms with Gasteiger partial charge in [0.2, 0.25) is 0 Å². The van der Waals surface area contributed by atoms with E-state index in [1.54, 1.807) is 13.2 Å². The first-order valence-corrected chi connectivity index (χ1v) is 12.6. The monoisotopic (exact) mass is 574 g/mol. The molecule has 3 aromatic carbocycles. The summed E-state index contributed by atoms with van der Waals surface area (Å²) < 4.78 is 12.5. The van der Waals surface area contributed by atoms with Crippen LogP contribution in [0.25, 0.3) is 0 Å². The van der Waals surface area contributed by atoms with Gasteiger partial charge in [0.25, 0.3) is 5.69 Å². The van der Waals surface area contributed by atoms with Gasteiger partial charge in [-0.2, -0.15) is 0 Å². The molecule has 3 aromatic rings. The summed E-state index contributed by atoms with van der Waals surface area (Å²) in [5, 5.41) is 16.3. The van der Waals surface area contributed by atoms with Crippen molar-refractivity contribution in [1.82, 2.24) is 0 Å². The van der Waals surface area contributed by atoms with Crippen molar-refractivity contribution in [1.29, 1.82) is 0 Å². The third-order valence-electron chi connectivity index (χ3n) is 6.58. The molecule has 0 saturated heterocycles. The van der Waals surface area contributed by atoms with Crippen LogP contribution in [0.4, 0.5) is 11.4 Å². The van der Waals surface area contributed by atoms with Crippen LogP contribution >= 0.6 is 39.1 Å². The molecule has 0 spiro atoms. The molecule has 3 atom stereocenters. The fourth-order valence-electron chi connectivity index (χ4n) is 4.97. The number of nitrogens with zero attached hydrogens (tertiary/aromatic N) is 1. The highest BCUT2D eigenvalue weighted by Gasteiger charge is 2.42. The van der Waals surface area contributed by atoms with Crippen LogP contribution in [0.5, 0.6) is 11.5 Å². The zero-order valence-corrected chi connectivity index (χ0v) is 21.7. The lowest BCUT2D eigenvalue weighted by atomic mass is 9.76. The van der Waals surface area contributed by atoms with Gasteiger partial charge >= 0.3 is 0 Å². The summed E-state index contributed by atoms with van der Waals surface area (Å²) in [6, 6.07) is 14.4. The van der Waals surface area contributed by atoms with E-state index >= 15 is 0 Å². The lowest BCUT2D eigenvalue weighted by molar-refractivity contribution is -0.385. The average molecular weight is 576 g/mol. The Morgan fingerprint density at radius 3 is 2.71 bits per heavy atom. The van der Waals surface area contributed by atoms with Gasteiger partial charge in [-0.3, -0.25) is 10.1 Å². The summed E-state index contributed by atoms with van der Waals surface area (Å²) in [6.45, 7) is 0.289. The Morgan fingerprint density at radius 1 is 1.17 bits per heavy atom. The molecule has 0 amide bonds. The van der Waals surface area contributed by atoms with Crippen LogP contribution in [0.15, 0.2) is 65.2 Å². The summed E-state index contributed by atoms with van der Waals surface area (Å²) in [5.41, 5.74) is 3.16. The average Bonchev–Trinajstić information content (AvgIpc) is 3.33. The molecule has 9 heteroatoms. The molecule has 0 aromatic heterocycles. The molecule has 0 saturated carbocycles.